The third-order valence-electron chi connectivity index (χ3n) is 4.13. The van der Waals surface area contributed by atoms with Crippen LogP contribution in [-0.4, -0.2) is 35.4 Å². The minimum Gasteiger partial charge on any atom is -0.338 e. The number of hydrogen-bond donors (Lipinski definition) is 1. The fourth-order valence-corrected chi connectivity index (χ4v) is 3.13. The molecule has 0 aromatic heterocycles. The second-order valence-electron chi connectivity index (χ2n) is 5.33. The number of carbonyl (C=O) groups is 1. The van der Waals surface area contributed by atoms with Gasteiger partial charge in [0, 0.05) is 25.2 Å². The third-order valence-corrected chi connectivity index (χ3v) is 4.46. The maximum absolute atomic E-state index is 12.6. The summed E-state index contributed by atoms with van der Waals surface area (Å²) >= 11 is 6.02. The monoisotopic (exact) mass is 311 g/mol. The molecule has 1 aliphatic rings. The maximum atomic E-state index is 12.6. The number of non-ortho nitro benzene ring substituents is 1. The molecule has 2 N–H and O–H groups in total. The predicted molar refractivity (Wildman–Crippen MR) is 80.4 cm³/mol. The lowest BCUT2D eigenvalue weighted by Crippen LogP contribution is -2.41. The van der Waals surface area contributed by atoms with Gasteiger partial charge in [0.05, 0.1) is 15.5 Å². The molecule has 1 amide bonds. The molecule has 7 heteroatoms. The van der Waals surface area contributed by atoms with E-state index in [9.17, 15) is 14.9 Å². The highest BCUT2D eigenvalue weighted by atomic mass is 35.5. The highest BCUT2D eigenvalue weighted by molar-refractivity contribution is 6.33. The van der Waals surface area contributed by atoms with Crippen LogP contribution in [0.25, 0.3) is 0 Å². The van der Waals surface area contributed by atoms with E-state index in [4.69, 9.17) is 17.3 Å². The molecule has 2 rings (SSSR count). The van der Waals surface area contributed by atoms with E-state index in [1.807, 2.05) is 0 Å². The molecule has 0 saturated heterocycles. The van der Waals surface area contributed by atoms with E-state index in [-0.39, 0.29) is 34.1 Å². The van der Waals surface area contributed by atoms with Crippen LogP contribution in [0.3, 0.4) is 0 Å². The molecule has 0 bridgehead atoms. The van der Waals surface area contributed by atoms with Crippen molar-refractivity contribution in [2.24, 2.45) is 11.7 Å². The van der Waals surface area contributed by atoms with E-state index in [2.05, 4.69) is 0 Å². The lowest BCUT2D eigenvalue weighted by atomic mass is 10.0. The van der Waals surface area contributed by atoms with Crippen molar-refractivity contribution < 1.29 is 9.72 Å². The van der Waals surface area contributed by atoms with Crippen LogP contribution in [0, 0.1) is 16.0 Å². The quantitative estimate of drug-likeness (QED) is 0.683. The second kappa shape index (κ2) is 6.41. The minimum absolute atomic E-state index is 0.0674. The summed E-state index contributed by atoms with van der Waals surface area (Å²) in [6, 6.07) is 3.97. The summed E-state index contributed by atoms with van der Waals surface area (Å²) < 4.78 is 0. The second-order valence-corrected chi connectivity index (χ2v) is 5.74. The summed E-state index contributed by atoms with van der Waals surface area (Å²) in [5, 5.41) is 11.1. The van der Waals surface area contributed by atoms with Gasteiger partial charge in [0.15, 0.2) is 0 Å². The number of amides is 1. The van der Waals surface area contributed by atoms with Crippen LogP contribution in [0.15, 0.2) is 18.2 Å². The topological polar surface area (TPSA) is 89.5 Å². The molecule has 1 fully saturated rings. The third kappa shape index (κ3) is 3.16. The van der Waals surface area contributed by atoms with E-state index in [1.54, 1.807) is 11.9 Å². The van der Waals surface area contributed by atoms with Crippen molar-refractivity contribution in [1.82, 2.24) is 4.90 Å². The average molecular weight is 312 g/mol. The maximum Gasteiger partial charge on any atom is 0.270 e. The molecule has 21 heavy (non-hydrogen) atoms. The molecule has 2 unspecified atom stereocenters. The Morgan fingerprint density at radius 3 is 2.86 bits per heavy atom. The van der Waals surface area contributed by atoms with E-state index in [0.29, 0.717) is 6.54 Å². The average Bonchev–Trinajstić information content (AvgIpc) is 2.94. The van der Waals surface area contributed by atoms with Gasteiger partial charge in [-0.2, -0.15) is 0 Å². The van der Waals surface area contributed by atoms with E-state index < -0.39 is 4.92 Å². The first-order chi connectivity index (χ1) is 9.95. The first kappa shape index (κ1) is 15.7. The van der Waals surface area contributed by atoms with Crippen molar-refractivity contribution in [3.63, 3.8) is 0 Å². The van der Waals surface area contributed by atoms with Gasteiger partial charge in [-0.25, -0.2) is 0 Å². The molecule has 1 aliphatic carbocycles. The highest BCUT2D eigenvalue weighted by Gasteiger charge is 2.33. The van der Waals surface area contributed by atoms with Gasteiger partial charge in [-0.15, -0.1) is 0 Å². The van der Waals surface area contributed by atoms with Gasteiger partial charge in [-0.05, 0) is 31.4 Å². The van der Waals surface area contributed by atoms with Crippen LogP contribution in [0.4, 0.5) is 5.69 Å². The van der Waals surface area contributed by atoms with Crippen molar-refractivity contribution >= 4 is 23.2 Å². The summed E-state index contributed by atoms with van der Waals surface area (Å²) in [5.41, 5.74) is 5.76. The number of halogens is 1. The normalized spacial score (nSPS) is 21.3. The number of rotatable bonds is 4. The van der Waals surface area contributed by atoms with Crippen molar-refractivity contribution in [1.29, 1.82) is 0 Å². The van der Waals surface area contributed by atoms with Crippen LogP contribution in [0.5, 0.6) is 0 Å². The van der Waals surface area contributed by atoms with E-state index in [0.717, 1.165) is 19.3 Å². The first-order valence-electron chi connectivity index (χ1n) is 6.87. The largest absolute Gasteiger partial charge is 0.338 e. The van der Waals surface area contributed by atoms with Crippen molar-refractivity contribution in [2.75, 3.05) is 13.6 Å². The van der Waals surface area contributed by atoms with Gasteiger partial charge in [-0.3, -0.25) is 14.9 Å². The number of nitro benzene ring substituents is 1. The molecule has 6 nitrogen and oxygen atoms in total. The van der Waals surface area contributed by atoms with Gasteiger partial charge in [-0.1, -0.05) is 18.0 Å². The van der Waals surface area contributed by atoms with Gasteiger partial charge < -0.3 is 10.6 Å². The minimum atomic E-state index is -0.536. The molecule has 0 radical (unpaired) electrons. The molecular weight excluding hydrogens is 294 g/mol. The Morgan fingerprint density at radius 2 is 2.24 bits per heavy atom. The molecule has 1 aromatic rings. The fraction of sp³-hybridized carbons (Fsp3) is 0.500. The van der Waals surface area contributed by atoms with Crippen LogP contribution >= 0.6 is 11.6 Å². The van der Waals surface area contributed by atoms with Gasteiger partial charge in [0.25, 0.3) is 11.6 Å². The molecule has 0 aliphatic heterocycles. The Balaban J connectivity index is 2.27. The number of nitrogens with zero attached hydrogens (tertiary/aromatic N) is 2. The van der Waals surface area contributed by atoms with Crippen LogP contribution in [0.1, 0.15) is 29.6 Å². The molecule has 1 aromatic carbocycles. The van der Waals surface area contributed by atoms with Gasteiger partial charge >= 0.3 is 0 Å². The Morgan fingerprint density at radius 1 is 1.52 bits per heavy atom. The zero-order valence-electron chi connectivity index (χ0n) is 11.8. The zero-order chi connectivity index (χ0) is 15.6. The van der Waals surface area contributed by atoms with Gasteiger partial charge in [0.2, 0.25) is 0 Å². The molecule has 1 saturated carbocycles. The molecule has 2 atom stereocenters. The summed E-state index contributed by atoms with van der Waals surface area (Å²) in [7, 11) is 1.70. The highest BCUT2D eigenvalue weighted by Crippen LogP contribution is 2.31. The SMILES string of the molecule is CN(C(=O)c1cc([N+](=O)[O-])ccc1Cl)C1CCCC1CN. The molecule has 0 heterocycles. The van der Waals surface area contributed by atoms with Crippen LogP contribution in [0.2, 0.25) is 5.02 Å². The van der Waals surface area contributed by atoms with E-state index in [1.165, 1.54) is 18.2 Å². The standard InChI is InChI=1S/C14H18ClN3O3/c1-17(13-4-2-3-9(13)8-16)14(19)11-7-10(18(20)21)5-6-12(11)15/h5-7,9,13H,2-4,8,16H2,1H3. The lowest BCUT2D eigenvalue weighted by Gasteiger charge is -2.29. The Hall–Kier alpha value is -1.66. The Kier molecular flexibility index (Phi) is 4.80. The zero-order valence-corrected chi connectivity index (χ0v) is 12.5. The summed E-state index contributed by atoms with van der Waals surface area (Å²) in [6.45, 7) is 0.533. The van der Waals surface area contributed by atoms with Crippen LogP contribution in [-0.2, 0) is 0 Å². The smallest absolute Gasteiger partial charge is 0.270 e. The molecular formula is C14H18ClN3O3. The first-order valence-corrected chi connectivity index (χ1v) is 7.24. The van der Waals surface area contributed by atoms with Crippen molar-refractivity contribution in [3.05, 3.63) is 38.9 Å². The Labute approximate surface area is 128 Å². The van der Waals surface area contributed by atoms with E-state index >= 15 is 0 Å². The Bertz CT molecular complexity index is 564. The summed E-state index contributed by atoms with van der Waals surface area (Å²) in [5.74, 6) is -0.0227. The fourth-order valence-electron chi connectivity index (χ4n) is 2.93. The van der Waals surface area contributed by atoms with Crippen LogP contribution < -0.4 is 5.73 Å². The molecule has 114 valence electrons. The number of nitro groups is 1. The van der Waals surface area contributed by atoms with Crippen molar-refractivity contribution in [2.45, 2.75) is 25.3 Å². The van der Waals surface area contributed by atoms with Gasteiger partial charge in [0.1, 0.15) is 0 Å². The number of benzene rings is 1. The lowest BCUT2D eigenvalue weighted by molar-refractivity contribution is -0.384. The number of nitrogens with two attached hydrogens (primary N) is 1. The summed E-state index contributed by atoms with van der Waals surface area (Å²) in [6.07, 6.45) is 2.94. The number of carbonyl (C=O) groups excluding carboxylic acids is 1. The summed E-state index contributed by atoms with van der Waals surface area (Å²) in [4.78, 5) is 24.5. The number of hydrogen-bond acceptors (Lipinski definition) is 4. The predicted octanol–water partition coefficient (Wildman–Crippen LogP) is 2.45. The molecule has 0 spiro atoms. The van der Waals surface area contributed by atoms with Crippen molar-refractivity contribution in [3.8, 4) is 0 Å².